The lowest BCUT2D eigenvalue weighted by Gasteiger charge is -2.30. The van der Waals surface area contributed by atoms with Crippen molar-refractivity contribution in [2.24, 2.45) is 5.92 Å². The monoisotopic (exact) mass is 519 g/mol. The number of nitrogens with zero attached hydrogens (tertiary/aromatic N) is 3. The molecule has 7 nitrogen and oxygen atoms in total. The zero-order valence-corrected chi connectivity index (χ0v) is 21.2. The van der Waals surface area contributed by atoms with Crippen molar-refractivity contribution >= 4 is 29.2 Å². The number of nitrogens with one attached hydrogen (secondary N) is 2. The van der Waals surface area contributed by atoms with Gasteiger partial charge in [-0.05, 0) is 81.3 Å². The molecule has 0 saturated heterocycles. The first-order chi connectivity index (χ1) is 17.9. The van der Waals surface area contributed by atoms with E-state index in [1.165, 1.54) is 18.3 Å². The fraction of sp³-hybridized carbons (Fsp3) is 0.357. The SMILES string of the molecule is Cc1cc(C#Cc2ccc(F)cc2)cnc1NC(=O)c1c(Cl)cnn1[C@H]1CC[C@@H](NC(=O)C2CC2)CC1. The Bertz CT molecular complexity index is 1380. The van der Waals surface area contributed by atoms with Gasteiger partial charge in [-0.3, -0.25) is 14.3 Å². The van der Waals surface area contributed by atoms with Crippen molar-refractivity contribution in [1.82, 2.24) is 20.1 Å². The van der Waals surface area contributed by atoms with E-state index in [4.69, 9.17) is 11.6 Å². The van der Waals surface area contributed by atoms with Crippen molar-refractivity contribution in [3.8, 4) is 11.8 Å². The number of rotatable bonds is 5. The summed E-state index contributed by atoms with van der Waals surface area (Å²) in [7, 11) is 0. The van der Waals surface area contributed by atoms with Gasteiger partial charge in [-0.1, -0.05) is 23.4 Å². The van der Waals surface area contributed by atoms with Gasteiger partial charge < -0.3 is 10.6 Å². The van der Waals surface area contributed by atoms with Crippen LogP contribution < -0.4 is 10.6 Å². The lowest BCUT2D eigenvalue weighted by Crippen LogP contribution is -2.39. The van der Waals surface area contributed by atoms with E-state index in [9.17, 15) is 14.0 Å². The summed E-state index contributed by atoms with van der Waals surface area (Å²) in [6, 6.07) is 7.97. The molecule has 0 aliphatic heterocycles. The van der Waals surface area contributed by atoms with E-state index >= 15 is 0 Å². The first-order valence-corrected chi connectivity index (χ1v) is 12.8. The number of carbonyl (C=O) groups excluding carboxylic acids is 2. The molecule has 0 spiro atoms. The third-order valence-electron chi connectivity index (χ3n) is 6.81. The summed E-state index contributed by atoms with van der Waals surface area (Å²) >= 11 is 6.38. The van der Waals surface area contributed by atoms with E-state index in [0.29, 0.717) is 22.6 Å². The van der Waals surface area contributed by atoms with Crippen molar-refractivity contribution in [3.63, 3.8) is 0 Å². The molecule has 1 aromatic carbocycles. The molecule has 2 saturated carbocycles. The smallest absolute Gasteiger partial charge is 0.276 e. The number of carbonyl (C=O) groups is 2. The van der Waals surface area contributed by atoms with Crippen LogP contribution in [-0.4, -0.2) is 32.6 Å². The van der Waals surface area contributed by atoms with Crippen LogP contribution in [0.15, 0.2) is 42.7 Å². The molecule has 2 aromatic heterocycles. The lowest BCUT2D eigenvalue weighted by atomic mass is 9.91. The largest absolute Gasteiger partial charge is 0.353 e. The van der Waals surface area contributed by atoms with E-state index in [2.05, 4.69) is 32.6 Å². The molecule has 2 heterocycles. The average molecular weight is 520 g/mol. The highest BCUT2D eigenvalue weighted by Crippen LogP contribution is 2.33. The standard InChI is InChI=1S/C28H27ClFN5O2/c1-17-14-19(3-2-18-4-8-21(30)9-5-18)15-31-26(17)34-28(37)25-24(29)16-32-35(25)23-12-10-22(11-13-23)33-27(36)20-6-7-20/h4-5,8-9,14-16,20,22-23H,6-7,10-13H2,1H3,(H,33,36)(H,31,34,37)/t22-,23+. The lowest BCUT2D eigenvalue weighted by molar-refractivity contribution is -0.123. The number of benzene rings is 1. The quantitative estimate of drug-likeness (QED) is 0.462. The first-order valence-electron chi connectivity index (χ1n) is 12.5. The summed E-state index contributed by atoms with van der Waals surface area (Å²) in [5.41, 5.74) is 2.41. The molecule has 2 amide bonds. The Balaban J connectivity index is 1.24. The van der Waals surface area contributed by atoms with Crippen molar-refractivity contribution < 1.29 is 14.0 Å². The summed E-state index contributed by atoms with van der Waals surface area (Å²) in [5.74, 6) is 6.07. The van der Waals surface area contributed by atoms with Gasteiger partial charge in [0.2, 0.25) is 5.91 Å². The predicted molar refractivity (Wildman–Crippen MR) is 139 cm³/mol. The van der Waals surface area contributed by atoms with Crippen molar-refractivity contribution in [2.75, 3.05) is 5.32 Å². The number of pyridine rings is 1. The molecule has 0 atom stereocenters. The van der Waals surface area contributed by atoms with E-state index in [1.54, 1.807) is 23.0 Å². The van der Waals surface area contributed by atoms with E-state index in [-0.39, 0.29) is 40.7 Å². The molecular weight excluding hydrogens is 493 g/mol. The summed E-state index contributed by atoms with van der Waals surface area (Å²) in [5, 5.41) is 10.7. The second-order valence-corrected chi connectivity index (χ2v) is 10.1. The Hall–Kier alpha value is -3.70. The minimum absolute atomic E-state index is 0.0282. The topological polar surface area (TPSA) is 88.9 Å². The molecule has 5 rings (SSSR count). The highest BCUT2D eigenvalue weighted by atomic mass is 35.5. The Morgan fingerprint density at radius 2 is 1.73 bits per heavy atom. The van der Waals surface area contributed by atoms with Gasteiger partial charge in [-0.2, -0.15) is 5.10 Å². The third kappa shape index (κ3) is 6.00. The van der Waals surface area contributed by atoms with Crippen LogP contribution >= 0.6 is 11.6 Å². The minimum Gasteiger partial charge on any atom is -0.353 e. The molecule has 0 bridgehead atoms. The molecule has 0 radical (unpaired) electrons. The van der Waals surface area contributed by atoms with Crippen LogP contribution in [0.4, 0.5) is 10.2 Å². The maximum Gasteiger partial charge on any atom is 0.276 e. The van der Waals surface area contributed by atoms with E-state index in [0.717, 1.165) is 44.1 Å². The zero-order valence-electron chi connectivity index (χ0n) is 20.4. The molecule has 2 aliphatic rings. The fourth-order valence-corrected chi connectivity index (χ4v) is 4.79. The highest BCUT2D eigenvalue weighted by Gasteiger charge is 2.33. The molecule has 2 aliphatic carbocycles. The average Bonchev–Trinajstić information content (AvgIpc) is 3.67. The van der Waals surface area contributed by atoms with Crippen LogP contribution in [0.25, 0.3) is 0 Å². The van der Waals surface area contributed by atoms with Crippen molar-refractivity contribution in [1.29, 1.82) is 0 Å². The summed E-state index contributed by atoms with van der Waals surface area (Å²) in [6.45, 7) is 1.84. The van der Waals surface area contributed by atoms with Crippen LogP contribution in [0.3, 0.4) is 0 Å². The summed E-state index contributed by atoms with van der Waals surface area (Å²) in [4.78, 5) is 29.7. The number of aromatic nitrogens is 3. The van der Waals surface area contributed by atoms with Crippen LogP contribution in [0.1, 0.15) is 71.7 Å². The maximum absolute atomic E-state index is 13.2. The van der Waals surface area contributed by atoms with Gasteiger partial charge >= 0.3 is 0 Å². The van der Waals surface area contributed by atoms with Gasteiger partial charge in [-0.15, -0.1) is 0 Å². The van der Waals surface area contributed by atoms with Crippen LogP contribution in [0.2, 0.25) is 5.02 Å². The number of aryl methyl sites for hydroxylation is 1. The molecule has 37 heavy (non-hydrogen) atoms. The van der Waals surface area contributed by atoms with Crippen molar-refractivity contribution in [3.05, 3.63) is 75.9 Å². The second-order valence-electron chi connectivity index (χ2n) is 9.67. The Morgan fingerprint density at radius 1 is 1.03 bits per heavy atom. The number of hydrogen-bond acceptors (Lipinski definition) is 4. The molecule has 9 heteroatoms. The van der Waals surface area contributed by atoms with Gasteiger partial charge in [0.25, 0.3) is 5.91 Å². The molecule has 190 valence electrons. The Kier molecular flexibility index (Phi) is 7.24. The molecular formula is C28H27ClFN5O2. The summed E-state index contributed by atoms with van der Waals surface area (Å²) < 4.78 is 14.8. The molecule has 0 unspecified atom stereocenters. The minimum atomic E-state index is -0.382. The van der Waals surface area contributed by atoms with Gasteiger partial charge in [0, 0.05) is 29.3 Å². The third-order valence-corrected chi connectivity index (χ3v) is 7.09. The van der Waals surface area contributed by atoms with Crippen LogP contribution in [-0.2, 0) is 4.79 Å². The normalized spacial score (nSPS) is 19.0. The molecule has 2 N–H and O–H groups in total. The Morgan fingerprint density at radius 3 is 2.41 bits per heavy atom. The number of anilines is 1. The van der Waals surface area contributed by atoms with Crippen LogP contribution in [0.5, 0.6) is 0 Å². The van der Waals surface area contributed by atoms with Gasteiger partial charge in [-0.25, -0.2) is 9.37 Å². The fourth-order valence-electron chi connectivity index (χ4n) is 4.58. The first kappa shape index (κ1) is 25.0. The highest BCUT2D eigenvalue weighted by molar-refractivity contribution is 6.34. The number of amides is 2. The summed E-state index contributed by atoms with van der Waals surface area (Å²) in [6.07, 6.45) is 8.32. The van der Waals surface area contributed by atoms with Gasteiger partial charge in [0.05, 0.1) is 17.3 Å². The maximum atomic E-state index is 13.2. The molecule has 2 fully saturated rings. The zero-order chi connectivity index (χ0) is 25.9. The van der Waals surface area contributed by atoms with E-state index < -0.39 is 0 Å². The van der Waals surface area contributed by atoms with Crippen LogP contribution in [0, 0.1) is 30.5 Å². The Labute approximate surface area is 219 Å². The van der Waals surface area contributed by atoms with E-state index in [1.807, 2.05) is 13.0 Å². The number of hydrogen-bond donors (Lipinski definition) is 2. The van der Waals surface area contributed by atoms with Gasteiger partial charge in [0.1, 0.15) is 17.3 Å². The van der Waals surface area contributed by atoms with Crippen molar-refractivity contribution in [2.45, 2.75) is 57.5 Å². The molecule has 3 aromatic rings. The number of halogens is 2. The van der Waals surface area contributed by atoms with Gasteiger partial charge in [0.15, 0.2) is 0 Å². The second kappa shape index (κ2) is 10.7. The predicted octanol–water partition coefficient (Wildman–Crippen LogP) is 5.04.